The summed E-state index contributed by atoms with van der Waals surface area (Å²) in [4.78, 5) is 24.9. The number of nitrogens with one attached hydrogen (secondary N) is 1. The zero-order chi connectivity index (χ0) is 16.8. The lowest BCUT2D eigenvalue weighted by atomic mass is 10.3. The molecule has 2 rings (SSSR count). The van der Waals surface area contributed by atoms with E-state index in [-0.39, 0.29) is 42.4 Å². The first-order valence-electron chi connectivity index (χ1n) is 7.22. The second kappa shape index (κ2) is 7.84. The van der Waals surface area contributed by atoms with E-state index in [0.717, 1.165) is 0 Å². The van der Waals surface area contributed by atoms with Crippen LogP contribution in [0.5, 0.6) is 11.5 Å². The molecule has 0 unspecified atom stereocenters. The van der Waals surface area contributed by atoms with Crippen molar-refractivity contribution in [3.05, 3.63) is 11.4 Å². The monoisotopic (exact) mass is 329 g/mol. The Morgan fingerprint density at radius 2 is 1.35 bits per heavy atom. The third kappa shape index (κ3) is 4.36. The fourth-order valence-corrected chi connectivity index (χ4v) is 2.06. The van der Waals surface area contributed by atoms with Crippen LogP contribution < -0.4 is 9.47 Å². The van der Waals surface area contributed by atoms with Crippen molar-refractivity contribution in [3.8, 4) is 11.5 Å². The Morgan fingerprint density at radius 3 is 1.74 bits per heavy atom. The fourth-order valence-electron chi connectivity index (χ4n) is 2.06. The SMILES string of the molecule is CC1OCCCOc2c(C(=O)O)[nH]c(C(=O)O)c2OCCCO1. The molecular weight excluding hydrogens is 310 g/mol. The highest BCUT2D eigenvalue weighted by Gasteiger charge is 2.28. The van der Waals surface area contributed by atoms with Crippen LogP contribution in [0.4, 0.5) is 0 Å². The first-order chi connectivity index (χ1) is 11.0. The molecule has 0 aromatic carbocycles. The molecule has 1 aliphatic heterocycles. The summed E-state index contributed by atoms with van der Waals surface area (Å²) < 4.78 is 21.7. The van der Waals surface area contributed by atoms with E-state index < -0.39 is 11.9 Å². The lowest BCUT2D eigenvalue weighted by Crippen LogP contribution is -2.16. The van der Waals surface area contributed by atoms with Crippen molar-refractivity contribution in [2.24, 2.45) is 0 Å². The molecule has 0 atom stereocenters. The van der Waals surface area contributed by atoms with Gasteiger partial charge in [0.2, 0.25) is 0 Å². The maximum absolute atomic E-state index is 11.3. The fraction of sp³-hybridized carbons (Fsp3) is 0.571. The third-order valence-corrected chi connectivity index (χ3v) is 3.11. The quantitative estimate of drug-likeness (QED) is 0.742. The minimum Gasteiger partial charge on any atom is -0.487 e. The van der Waals surface area contributed by atoms with Gasteiger partial charge in [0.25, 0.3) is 0 Å². The molecular formula is C14H19NO8. The summed E-state index contributed by atoms with van der Waals surface area (Å²) in [6.45, 7) is 2.82. The Bertz CT molecular complexity index is 521. The van der Waals surface area contributed by atoms with E-state index in [4.69, 9.17) is 18.9 Å². The van der Waals surface area contributed by atoms with Crippen molar-refractivity contribution in [3.63, 3.8) is 0 Å². The molecule has 1 aromatic heterocycles. The van der Waals surface area contributed by atoms with Crippen LogP contribution in [0.15, 0.2) is 0 Å². The van der Waals surface area contributed by atoms with Gasteiger partial charge in [-0.05, 0) is 6.92 Å². The van der Waals surface area contributed by atoms with E-state index in [2.05, 4.69) is 4.98 Å². The number of carbonyl (C=O) groups is 2. The van der Waals surface area contributed by atoms with Gasteiger partial charge in [0.05, 0.1) is 26.4 Å². The van der Waals surface area contributed by atoms with Gasteiger partial charge in [-0.25, -0.2) is 9.59 Å². The van der Waals surface area contributed by atoms with Crippen molar-refractivity contribution in [1.82, 2.24) is 4.98 Å². The van der Waals surface area contributed by atoms with Gasteiger partial charge >= 0.3 is 11.9 Å². The van der Waals surface area contributed by atoms with Gasteiger partial charge in [-0.1, -0.05) is 0 Å². The number of ether oxygens (including phenoxy) is 4. The normalized spacial score (nSPS) is 17.6. The molecule has 23 heavy (non-hydrogen) atoms. The molecule has 0 aliphatic carbocycles. The number of fused-ring (bicyclic) bond motifs is 1. The Hall–Kier alpha value is -2.26. The lowest BCUT2D eigenvalue weighted by molar-refractivity contribution is -0.132. The zero-order valence-corrected chi connectivity index (χ0v) is 12.7. The lowest BCUT2D eigenvalue weighted by Gasteiger charge is -2.13. The van der Waals surface area contributed by atoms with E-state index in [1.807, 2.05) is 0 Å². The molecule has 2 heterocycles. The molecule has 0 saturated carbocycles. The van der Waals surface area contributed by atoms with Crippen molar-refractivity contribution in [2.75, 3.05) is 26.4 Å². The summed E-state index contributed by atoms with van der Waals surface area (Å²) in [6, 6.07) is 0. The van der Waals surface area contributed by atoms with Gasteiger partial charge in [-0.3, -0.25) is 0 Å². The molecule has 1 aliphatic rings. The number of rotatable bonds is 2. The number of hydrogen-bond acceptors (Lipinski definition) is 6. The molecule has 0 spiro atoms. The topological polar surface area (TPSA) is 127 Å². The number of H-pyrrole nitrogens is 1. The van der Waals surface area contributed by atoms with Gasteiger partial charge in [0.1, 0.15) is 0 Å². The highest BCUT2D eigenvalue weighted by molar-refractivity contribution is 5.97. The Kier molecular flexibility index (Phi) is 5.83. The Balaban J connectivity index is 2.27. The van der Waals surface area contributed by atoms with Crippen LogP contribution in [0.3, 0.4) is 0 Å². The van der Waals surface area contributed by atoms with Gasteiger partial charge in [0.15, 0.2) is 29.2 Å². The minimum absolute atomic E-state index is 0.108. The van der Waals surface area contributed by atoms with Gasteiger partial charge in [0, 0.05) is 12.8 Å². The predicted octanol–water partition coefficient (Wildman–Crippen LogP) is 1.34. The van der Waals surface area contributed by atoms with Crippen molar-refractivity contribution in [1.29, 1.82) is 0 Å². The maximum Gasteiger partial charge on any atom is 0.356 e. The standard InChI is InChI=1S/C14H19NO8/c1-8-20-4-2-6-22-11-9(13(16)17)15-10(14(18)19)12(11)23-7-3-5-21-8/h8,15H,2-7H2,1H3,(H,16,17)(H,18,19). The van der Waals surface area contributed by atoms with Crippen LogP contribution in [0.25, 0.3) is 0 Å². The van der Waals surface area contributed by atoms with Crippen LogP contribution in [-0.2, 0) is 9.47 Å². The number of carboxylic acids is 2. The Morgan fingerprint density at radius 1 is 0.913 bits per heavy atom. The average Bonchev–Trinajstić information content (AvgIpc) is 2.85. The molecule has 0 saturated heterocycles. The number of hydrogen-bond donors (Lipinski definition) is 3. The average molecular weight is 329 g/mol. The van der Waals surface area contributed by atoms with E-state index >= 15 is 0 Å². The van der Waals surface area contributed by atoms with Crippen molar-refractivity contribution >= 4 is 11.9 Å². The van der Waals surface area contributed by atoms with Crippen LogP contribution in [0, 0.1) is 0 Å². The summed E-state index contributed by atoms with van der Waals surface area (Å²) >= 11 is 0. The van der Waals surface area contributed by atoms with Crippen LogP contribution in [-0.4, -0.2) is 59.9 Å². The number of aromatic carboxylic acids is 2. The predicted molar refractivity (Wildman–Crippen MR) is 76.3 cm³/mol. The summed E-state index contributed by atoms with van der Waals surface area (Å²) in [5.74, 6) is -2.86. The van der Waals surface area contributed by atoms with E-state index in [1.54, 1.807) is 6.92 Å². The molecule has 9 heteroatoms. The molecule has 9 nitrogen and oxygen atoms in total. The van der Waals surface area contributed by atoms with Gasteiger partial charge in [-0.15, -0.1) is 0 Å². The Labute approximate surface area is 132 Å². The van der Waals surface area contributed by atoms with Gasteiger partial charge < -0.3 is 34.1 Å². The van der Waals surface area contributed by atoms with Crippen molar-refractivity contribution in [2.45, 2.75) is 26.1 Å². The molecule has 0 amide bonds. The number of aromatic amines is 1. The zero-order valence-electron chi connectivity index (χ0n) is 12.7. The third-order valence-electron chi connectivity index (χ3n) is 3.11. The summed E-state index contributed by atoms with van der Waals surface area (Å²) in [7, 11) is 0. The summed E-state index contributed by atoms with van der Waals surface area (Å²) in [5.41, 5.74) is -0.699. The van der Waals surface area contributed by atoms with Crippen LogP contribution in [0.2, 0.25) is 0 Å². The second-order valence-corrected chi connectivity index (χ2v) is 4.86. The van der Waals surface area contributed by atoms with Gasteiger partial charge in [-0.2, -0.15) is 0 Å². The molecule has 3 N–H and O–H groups in total. The van der Waals surface area contributed by atoms with Crippen LogP contribution in [0.1, 0.15) is 40.7 Å². The van der Waals surface area contributed by atoms with Crippen molar-refractivity contribution < 1.29 is 38.7 Å². The minimum atomic E-state index is -1.32. The highest BCUT2D eigenvalue weighted by atomic mass is 16.7. The smallest absolute Gasteiger partial charge is 0.356 e. The second-order valence-electron chi connectivity index (χ2n) is 4.86. The largest absolute Gasteiger partial charge is 0.487 e. The molecule has 0 fully saturated rings. The molecule has 128 valence electrons. The van der Waals surface area contributed by atoms with E-state index in [1.165, 1.54) is 0 Å². The summed E-state index contributed by atoms with van der Waals surface area (Å²) in [6.07, 6.45) is 0.610. The first kappa shape index (κ1) is 17.1. The number of aromatic nitrogens is 1. The van der Waals surface area contributed by atoms with E-state index in [9.17, 15) is 19.8 Å². The maximum atomic E-state index is 11.3. The summed E-state index contributed by atoms with van der Waals surface area (Å²) in [5, 5.41) is 18.4. The highest BCUT2D eigenvalue weighted by Crippen LogP contribution is 2.36. The van der Waals surface area contributed by atoms with E-state index in [0.29, 0.717) is 26.1 Å². The first-order valence-corrected chi connectivity index (χ1v) is 7.22. The number of carboxylic acid groups (broad SMARTS) is 2. The molecule has 0 radical (unpaired) electrons. The van der Waals surface area contributed by atoms with Crippen LogP contribution >= 0.6 is 0 Å². The molecule has 1 aromatic rings. The molecule has 0 bridgehead atoms.